The summed E-state index contributed by atoms with van der Waals surface area (Å²) in [5.74, 6) is 3.23. The van der Waals surface area contributed by atoms with Gasteiger partial charge in [0.25, 0.3) is 0 Å². The van der Waals surface area contributed by atoms with Crippen LogP contribution in [0, 0.1) is 34.5 Å². The Labute approximate surface area is 133 Å². The zero-order chi connectivity index (χ0) is 15.1. The highest BCUT2D eigenvalue weighted by atomic mass is 16.3. The lowest BCUT2D eigenvalue weighted by molar-refractivity contribution is -0.185. The summed E-state index contributed by atoms with van der Waals surface area (Å²) in [5, 5.41) is 11.0. The maximum atomic E-state index is 12.1. The molecule has 3 heteroatoms. The van der Waals surface area contributed by atoms with Crippen molar-refractivity contribution in [3.8, 4) is 0 Å². The molecular formula is C19H29NO2. The van der Waals surface area contributed by atoms with E-state index in [4.69, 9.17) is 0 Å². The molecule has 0 radical (unpaired) electrons. The summed E-state index contributed by atoms with van der Waals surface area (Å²) in [6, 6.07) is 0. The van der Waals surface area contributed by atoms with Crippen LogP contribution in [0.2, 0.25) is 0 Å². The first kappa shape index (κ1) is 14.0. The zero-order valence-electron chi connectivity index (χ0n) is 13.8. The van der Waals surface area contributed by atoms with Crippen LogP contribution in [0.5, 0.6) is 0 Å². The fourth-order valence-corrected chi connectivity index (χ4v) is 7.79. The first-order valence-corrected chi connectivity index (χ1v) is 9.48. The molecule has 2 saturated heterocycles. The maximum absolute atomic E-state index is 12.1. The van der Waals surface area contributed by atoms with E-state index >= 15 is 0 Å². The quantitative estimate of drug-likeness (QED) is 0.748. The van der Waals surface area contributed by atoms with Crippen LogP contribution >= 0.6 is 0 Å². The lowest BCUT2D eigenvalue weighted by Crippen LogP contribution is -2.59. The molecule has 3 nitrogen and oxygen atoms in total. The van der Waals surface area contributed by atoms with Crippen molar-refractivity contribution in [2.75, 3.05) is 13.1 Å². The molecule has 0 aromatic heterocycles. The fraction of sp³-hybridized carbons (Fsp3) is 0.947. The van der Waals surface area contributed by atoms with E-state index in [1.807, 2.05) is 0 Å². The molecular weight excluding hydrogens is 274 g/mol. The molecule has 5 fully saturated rings. The topological polar surface area (TPSA) is 40.5 Å². The lowest BCUT2D eigenvalue weighted by atomic mass is 9.46. The number of carbonyl (C=O) groups is 1. The molecule has 1 N–H and O–H groups in total. The summed E-state index contributed by atoms with van der Waals surface area (Å²) in [6.07, 6.45) is 9.05. The summed E-state index contributed by atoms with van der Waals surface area (Å²) >= 11 is 0. The number of Topliss-reactive ketones (excluding diaryl/α,β-unsaturated/α-hetero) is 1. The van der Waals surface area contributed by atoms with E-state index in [9.17, 15) is 9.90 Å². The highest BCUT2D eigenvalue weighted by Gasteiger charge is 2.65. The number of carbonyl (C=O) groups excluding carboxylic acids is 1. The Morgan fingerprint density at radius 3 is 2.82 bits per heavy atom. The number of ketones is 1. The van der Waals surface area contributed by atoms with Gasteiger partial charge in [-0.15, -0.1) is 0 Å². The second kappa shape index (κ2) is 4.36. The van der Waals surface area contributed by atoms with Gasteiger partial charge in [-0.1, -0.05) is 6.92 Å². The molecule has 8 atom stereocenters. The fourth-order valence-electron chi connectivity index (χ4n) is 7.79. The van der Waals surface area contributed by atoms with Gasteiger partial charge in [-0.25, -0.2) is 0 Å². The average Bonchev–Trinajstić information content (AvgIpc) is 2.88. The molecule has 5 aliphatic rings. The number of hydrogen-bond acceptors (Lipinski definition) is 3. The number of piperidine rings is 1. The summed E-state index contributed by atoms with van der Waals surface area (Å²) in [4.78, 5) is 14.5. The smallest absolute Gasteiger partial charge is 0.133 e. The van der Waals surface area contributed by atoms with E-state index in [2.05, 4.69) is 11.8 Å². The van der Waals surface area contributed by atoms with Crippen LogP contribution in [0.3, 0.4) is 0 Å². The van der Waals surface area contributed by atoms with Crippen molar-refractivity contribution in [3.05, 3.63) is 0 Å². The number of hydrogen-bond donors (Lipinski definition) is 1. The van der Waals surface area contributed by atoms with Crippen LogP contribution in [0.15, 0.2) is 0 Å². The third-order valence-electron chi connectivity index (χ3n) is 8.73. The Kier molecular flexibility index (Phi) is 2.77. The Bertz CT molecular complexity index is 520. The summed E-state index contributed by atoms with van der Waals surface area (Å²) in [7, 11) is 0. The minimum Gasteiger partial charge on any atom is -0.378 e. The normalized spacial score (nSPS) is 59.8. The molecule has 3 saturated carbocycles. The molecule has 5 rings (SSSR count). The number of aliphatic hydroxyl groups is 1. The Morgan fingerprint density at radius 1 is 1.09 bits per heavy atom. The standard InChI is InChI=1S/C19H29NO2/c1-18-6-4-15-14(16(18)10-13(21)11-18)3-2-12-5-8-20-9-7-19(12,15)17(20)22/h12,14-17,22H,2-11H2,1H3/t12-,14-,15+,16+,17+,18+,19-/m0/s1. The van der Waals surface area contributed by atoms with Crippen molar-refractivity contribution in [3.63, 3.8) is 0 Å². The van der Waals surface area contributed by atoms with E-state index in [-0.39, 0.29) is 17.1 Å². The monoisotopic (exact) mass is 303 g/mol. The minimum atomic E-state index is -0.194. The van der Waals surface area contributed by atoms with E-state index in [0.717, 1.165) is 31.8 Å². The van der Waals surface area contributed by atoms with Crippen molar-refractivity contribution in [2.45, 2.75) is 64.5 Å². The van der Waals surface area contributed by atoms with Gasteiger partial charge in [0.2, 0.25) is 0 Å². The molecule has 2 heterocycles. The predicted molar refractivity (Wildman–Crippen MR) is 84.0 cm³/mol. The number of aliphatic hydroxyl groups excluding tert-OH is 1. The molecule has 2 aliphatic heterocycles. The molecule has 22 heavy (non-hydrogen) atoms. The highest BCUT2D eigenvalue weighted by Crippen LogP contribution is 2.67. The van der Waals surface area contributed by atoms with Crippen molar-refractivity contribution in [2.24, 2.45) is 34.5 Å². The van der Waals surface area contributed by atoms with Crippen LogP contribution in [0.1, 0.15) is 58.3 Å². The van der Waals surface area contributed by atoms with E-state index in [1.165, 1.54) is 38.5 Å². The van der Waals surface area contributed by atoms with Gasteiger partial charge in [0.15, 0.2) is 0 Å². The second-order valence-corrected chi connectivity index (χ2v) is 9.32. The molecule has 0 amide bonds. The number of rotatable bonds is 0. The lowest BCUT2D eigenvalue weighted by Gasteiger charge is -2.60. The van der Waals surface area contributed by atoms with Gasteiger partial charge in [-0.2, -0.15) is 0 Å². The van der Waals surface area contributed by atoms with Crippen molar-refractivity contribution >= 4 is 5.78 Å². The number of fused-ring (bicyclic) bond motifs is 4. The Hall–Kier alpha value is -0.410. The first-order valence-electron chi connectivity index (χ1n) is 9.48. The molecule has 3 aliphatic carbocycles. The molecule has 1 unspecified atom stereocenters. The van der Waals surface area contributed by atoms with Gasteiger partial charge in [0.1, 0.15) is 12.0 Å². The third kappa shape index (κ3) is 1.53. The van der Waals surface area contributed by atoms with Gasteiger partial charge >= 0.3 is 0 Å². The van der Waals surface area contributed by atoms with Gasteiger partial charge in [-0.05, 0) is 67.6 Å². The zero-order valence-corrected chi connectivity index (χ0v) is 13.8. The Morgan fingerprint density at radius 2 is 1.95 bits per heavy atom. The van der Waals surface area contributed by atoms with Crippen molar-refractivity contribution in [1.29, 1.82) is 0 Å². The van der Waals surface area contributed by atoms with Crippen LogP contribution in [0.4, 0.5) is 0 Å². The predicted octanol–water partition coefficient (Wildman–Crippen LogP) is 2.82. The van der Waals surface area contributed by atoms with Gasteiger partial charge in [0, 0.05) is 31.3 Å². The van der Waals surface area contributed by atoms with Crippen molar-refractivity contribution in [1.82, 2.24) is 4.90 Å². The van der Waals surface area contributed by atoms with Crippen LogP contribution < -0.4 is 0 Å². The van der Waals surface area contributed by atoms with E-state index in [1.54, 1.807) is 0 Å². The summed E-state index contributed by atoms with van der Waals surface area (Å²) < 4.78 is 0. The summed E-state index contributed by atoms with van der Waals surface area (Å²) in [5.41, 5.74) is 0.452. The minimum absolute atomic E-state index is 0.175. The molecule has 122 valence electrons. The molecule has 0 aromatic carbocycles. The number of nitrogens with zero attached hydrogens (tertiary/aromatic N) is 1. The van der Waals surface area contributed by atoms with E-state index in [0.29, 0.717) is 23.5 Å². The molecule has 2 bridgehead atoms. The average molecular weight is 303 g/mol. The van der Waals surface area contributed by atoms with Gasteiger partial charge in [-0.3, -0.25) is 9.69 Å². The largest absolute Gasteiger partial charge is 0.378 e. The SMILES string of the molecule is C[C@]12CC[C@@H]3[C@H](CC[C@H]4CCN5CC[C@]43[C@H]5O)[C@H]1CC(=O)C2. The van der Waals surface area contributed by atoms with Gasteiger partial charge in [0.05, 0.1) is 0 Å². The summed E-state index contributed by atoms with van der Waals surface area (Å²) in [6.45, 7) is 4.58. The first-order chi connectivity index (χ1) is 10.5. The highest BCUT2D eigenvalue weighted by molar-refractivity contribution is 5.82. The van der Waals surface area contributed by atoms with Crippen LogP contribution in [-0.4, -0.2) is 35.1 Å². The van der Waals surface area contributed by atoms with Crippen LogP contribution in [-0.2, 0) is 4.79 Å². The molecule has 0 aromatic rings. The van der Waals surface area contributed by atoms with Gasteiger partial charge < -0.3 is 5.11 Å². The maximum Gasteiger partial charge on any atom is 0.133 e. The van der Waals surface area contributed by atoms with E-state index < -0.39 is 0 Å². The van der Waals surface area contributed by atoms with Crippen LogP contribution in [0.25, 0.3) is 0 Å². The Balaban J connectivity index is 1.54. The third-order valence-corrected chi connectivity index (χ3v) is 8.73. The molecule has 1 spiro atoms. The van der Waals surface area contributed by atoms with Crippen molar-refractivity contribution < 1.29 is 9.90 Å². The second-order valence-electron chi connectivity index (χ2n) is 9.32.